The van der Waals surface area contributed by atoms with Gasteiger partial charge in [-0.1, -0.05) is 6.07 Å². The van der Waals surface area contributed by atoms with Crippen LogP contribution in [0.15, 0.2) is 40.1 Å². The first-order chi connectivity index (χ1) is 12.6. The maximum absolute atomic E-state index is 12.9. The van der Waals surface area contributed by atoms with Gasteiger partial charge >= 0.3 is 5.97 Å². The van der Waals surface area contributed by atoms with Crippen LogP contribution in [0.3, 0.4) is 0 Å². The SMILES string of the molecule is CC1=C(C(=O)OC[C@@H]2CCCO2)[C@H](c2cccs2)C2=C(CCCC2=O)N1. The van der Waals surface area contributed by atoms with Gasteiger partial charge in [-0.2, -0.15) is 0 Å². The number of dihydropyridines is 1. The quantitative estimate of drug-likeness (QED) is 0.819. The van der Waals surface area contributed by atoms with Crippen LogP contribution in [0.2, 0.25) is 0 Å². The summed E-state index contributed by atoms with van der Waals surface area (Å²) in [4.78, 5) is 26.6. The predicted octanol–water partition coefficient (Wildman–Crippen LogP) is 3.44. The van der Waals surface area contributed by atoms with Crippen LogP contribution in [-0.4, -0.2) is 31.1 Å². The van der Waals surface area contributed by atoms with E-state index in [0.29, 0.717) is 12.0 Å². The van der Waals surface area contributed by atoms with Crippen LogP contribution in [0.1, 0.15) is 49.8 Å². The van der Waals surface area contributed by atoms with Crippen molar-refractivity contribution < 1.29 is 19.1 Å². The van der Waals surface area contributed by atoms with E-state index < -0.39 is 0 Å². The molecule has 1 saturated heterocycles. The van der Waals surface area contributed by atoms with Crippen molar-refractivity contribution in [3.63, 3.8) is 0 Å². The second kappa shape index (κ2) is 7.37. The van der Waals surface area contributed by atoms with Crippen molar-refractivity contribution in [3.05, 3.63) is 44.9 Å². The van der Waals surface area contributed by atoms with Crippen LogP contribution < -0.4 is 5.32 Å². The fourth-order valence-electron chi connectivity index (χ4n) is 4.02. The Labute approximate surface area is 157 Å². The highest BCUT2D eigenvalue weighted by Gasteiger charge is 2.39. The number of nitrogens with one attached hydrogen (secondary N) is 1. The second-order valence-electron chi connectivity index (χ2n) is 7.01. The number of ether oxygens (including phenoxy) is 2. The van der Waals surface area contributed by atoms with Gasteiger partial charge in [0, 0.05) is 34.9 Å². The van der Waals surface area contributed by atoms with E-state index in [1.807, 2.05) is 24.4 Å². The molecule has 1 aliphatic carbocycles. The summed E-state index contributed by atoms with van der Waals surface area (Å²) < 4.78 is 11.1. The van der Waals surface area contributed by atoms with Gasteiger partial charge in [0.2, 0.25) is 0 Å². The first kappa shape index (κ1) is 17.5. The van der Waals surface area contributed by atoms with E-state index in [9.17, 15) is 9.59 Å². The molecular formula is C20H23NO4S. The summed E-state index contributed by atoms with van der Waals surface area (Å²) in [5, 5.41) is 5.29. The standard InChI is InChI=1S/C20H23NO4S/c1-12-17(20(23)25-11-13-5-3-9-24-13)19(16-8-4-10-26-16)18-14(21-12)6-2-7-15(18)22/h4,8,10,13,19,21H,2-3,5-7,9,11H2,1H3/t13-,19-/m0/s1. The smallest absolute Gasteiger partial charge is 0.336 e. The van der Waals surface area contributed by atoms with E-state index in [0.717, 1.165) is 54.1 Å². The van der Waals surface area contributed by atoms with Crippen molar-refractivity contribution in [2.75, 3.05) is 13.2 Å². The van der Waals surface area contributed by atoms with Crippen molar-refractivity contribution in [2.45, 2.75) is 51.0 Å². The van der Waals surface area contributed by atoms with Crippen molar-refractivity contribution in [1.29, 1.82) is 0 Å². The molecule has 4 rings (SSSR count). The van der Waals surface area contributed by atoms with Crippen LogP contribution in [0.25, 0.3) is 0 Å². The van der Waals surface area contributed by atoms with Gasteiger partial charge in [0.15, 0.2) is 5.78 Å². The molecule has 2 atom stereocenters. The number of hydrogen-bond acceptors (Lipinski definition) is 6. The van der Waals surface area contributed by atoms with E-state index >= 15 is 0 Å². The molecule has 0 saturated carbocycles. The van der Waals surface area contributed by atoms with Crippen LogP contribution in [0, 0.1) is 0 Å². The normalized spacial score (nSPS) is 26.0. The van der Waals surface area contributed by atoms with Crippen molar-refractivity contribution in [1.82, 2.24) is 5.32 Å². The summed E-state index contributed by atoms with van der Waals surface area (Å²) in [5.74, 6) is -0.543. The molecule has 0 radical (unpaired) electrons. The van der Waals surface area contributed by atoms with E-state index in [4.69, 9.17) is 9.47 Å². The lowest BCUT2D eigenvalue weighted by molar-refractivity contribution is -0.142. The number of carbonyl (C=O) groups is 2. The Morgan fingerprint density at radius 2 is 2.27 bits per heavy atom. The molecular weight excluding hydrogens is 350 g/mol. The molecule has 3 aliphatic rings. The van der Waals surface area contributed by atoms with Gasteiger partial charge in [-0.05, 0) is 44.1 Å². The zero-order valence-corrected chi connectivity index (χ0v) is 15.7. The Hall–Kier alpha value is -1.92. The van der Waals surface area contributed by atoms with Gasteiger partial charge in [-0.25, -0.2) is 4.79 Å². The van der Waals surface area contributed by atoms with E-state index in [2.05, 4.69) is 5.32 Å². The minimum absolute atomic E-state index is 0.0114. The second-order valence-corrected chi connectivity index (χ2v) is 7.99. The highest BCUT2D eigenvalue weighted by molar-refractivity contribution is 7.10. The Balaban J connectivity index is 1.64. The number of esters is 1. The molecule has 3 heterocycles. The summed E-state index contributed by atoms with van der Waals surface area (Å²) in [5.41, 5.74) is 3.05. The van der Waals surface area contributed by atoms with Crippen molar-refractivity contribution >= 4 is 23.1 Å². The largest absolute Gasteiger partial charge is 0.459 e. The predicted molar refractivity (Wildman–Crippen MR) is 98.7 cm³/mol. The van der Waals surface area contributed by atoms with Crippen molar-refractivity contribution in [2.24, 2.45) is 0 Å². The summed E-state index contributed by atoms with van der Waals surface area (Å²) in [6, 6.07) is 3.95. The molecule has 1 aromatic heterocycles. The third-order valence-corrected chi connectivity index (χ3v) is 6.18. The summed E-state index contributed by atoms with van der Waals surface area (Å²) in [6.07, 6.45) is 4.16. The fraction of sp³-hybridized carbons (Fsp3) is 0.500. The number of rotatable bonds is 4. The first-order valence-corrected chi connectivity index (χ1v) is 10.1. The molecule has 26 heavy (non-hydrogen) atoms. The molecule has 1 fully saturated rings. The van der Waals surface area contributed by atoms with Crippen LogP contribution >= 0.6 is 11.3 Å². The number of thiophene rings is 1. The Bertz CT molecular complexity index is 772. The summed E-state index contributed by atoms with van der Waals surface area (Å²) >= 11 is 1.57. The molecule has 1 N–H and O–H groups in total. The summed E-state index contributed by atoms with van der Waals surface area (Å²) in [7, 11) is 0. The first-order valence-electron chi connectivity index (χ1n) is 9.21. The highest BCUT2D eigenvalue weighted by Crippen LogP contribution is 2.43. The van der Waals surface area contributed by atoms with Gasteiger partial charge in [0.1, 0.15) is 6.61 Å². The maximum atomic E-state index is 12.9. The Kier molecular flexibility index (Phi) is 4.96. The molecule has 5 nitrogen and oxygen atoms in total. The van der Waals surface area contributed by atoms with Gasteiger partial charge < -0.3 is 14.8 Å². The third kappa shape index (κ3) is 3.23. The molecule has 2 aliphatic heterocycles. The zero-order valence-electron chi connectivity index (χ0n) is 14.9. The number of Topliss-reactive ketones (excluding diaryl/α,β-unsaturated/α-hetero) is 1. The average Bonchev–Trinajstić information content (AvgIpc) is 3.32. The molecule has 138 valence electrons. The van der Waals surface area contributed by atoms with Gasteiger partial charge in [-0.15, -0.1) is 11.3 Å². The Morgan fingerprint density at radius 1 is 1.38 bits per heavy atom. The van der Waals surface area contributed by atoms with Crippen LogP contribution in [0.5, 0.6) is 0 Å². The average molecular weight is 373 g/mol. The minimum atomic E-state index is -0.353. The molecule has 0 bridgehead atoms. The number of allylic oxidation sites excluding steroid dienone is 3. The van der Waals surface area contributed by atoms with Gasteiger partial charge in [0.25, 0.3) is 0 Å². The molecule has 6 heteroatoms. The number of carbonyl (C=O) groups excluding carboxylic acids is 2. The number of hydrogen-bond donors (Lipinski definition) is 1. The van der Waals surface area contributed by atoms with Crippen LogP contribution in [0.4, 0.5) is 0 Å². The van der Waals surface area contributed by atoms with Crippen LogP contribution in [-0.2, 0) is 19.1 Å². The summed E-state index contributed by atoms with van der Waals surface area (Å²) in [6.45, 7) is 2.90. The zero-order chi connectivity index (χ0) is 18.1. The van der Waals surface area contributed by atoms with Crippen molar-refractivity contribution in [3.8, 4) is 0 Å². The fourth-order valence-corrected chi connectivity index (χ4v) is 4.86. The number of ketones is 1. The lowest BCUT2D eigenvalue weighted by Gasteiger charge is -2.33. The molecule has 0 aromatic carbocycles. The lowest BCUT2D eigenvalue weighted by atomic mass is 9.78. The molecule has 0 spiro atoms. The third-order valence-electron chi connectivity index (χ3n) is 5.25. The molecule has 1 aromatic rings. The van der Waals surface area contributed by atoms with E-state index in [1.54, 1.807) is 11.3 Å². The topological polar surface area (TPSA) is 64.6 Å². The van der Waals surface area contributed by atoms with Gasteiger partial charge in [-0.3, -0.25) is 4.79 Å². The Morgan fingerprint density at radius 3 is 3.00 bits per heavy atom. The monoisotopic (exact) mass is 373 g/mol. The maximum Gasteiger partial charge on any atom is 0.336 e. The minimum Gasteiger partial charge on any atom is -0.459 e. The van der Waals surface area contributed by atoms with E-state index in [-0.39, 0.29) is 30.4 Å². The van der Waals surface area contributed by atoms with Gasteiger partial charge in [0.05, 0.1) is 17.6 Å². The lowest BCUT2D eigenvalue weighted by Crippen LogP contribution is -2.34. The van der Waals surface area contributed by atoms with E-state index in [1.165, 1.54) is 0 Å². The molecule has 0 amide bonds. The molecule has 0 unspecified atom stereocenters. The highest BCUT2D eigenvalue weighted by atomic mass is 32.1.